The molecule has 0 radical (unpaired) electrons. The van der Waals surface area contributed by atoms with Crippen molar-refractivity contribution in [2.75, 3.05) is 12.4 Å². The quantitative estimate of drug-likeness (QED) is 0.860. The van der Waals surface area contributed by atoms with Gasteiger partial charge in [-0.2, -0.15) is 0 Å². The molecule has 0 atom stereocenters. The topological polar surface area (TPSA) is 41.1 Å². The molecule has 106 valence electrons. The van der Waals surface area contributed by atoms with E-state index in [1.807, 2.05) is 24.3 Å². The number of nitrogens with one attached hydrogen (secondary N) is 2. The third kappa shape index (κ3) is 3.84. The second kappa shape index (κ2) is 6.90. The van der Waals surface area contributed by atoms with Gasteiger partial charge in [-0.25, -0.2) is 0 Å². The van der Waals surface area contributed by atoms with E-state index < -0.39 is 0 Å². The van der Waals surface area contributed by atoms with Crippen LogP contribution in [-0.2, 0) is 17.8 Å². The van der Waals surface area contributed by atoms with Crippen molar-refractivity contribution in [1.29, 1.82) is 0 Å². The maximum Gasteiger partial charge on any atom is 0.224 e. The molecule has 0 unspecified atom stereocenters. The minimum atomic E-state index is 0.0222. The average Bonchev–Trinajstić information content (AvgIpc) is 2.76. The van der Waals surface area contributed by atoms with Crippen LogP contribution >= 0.6 is 27.3 Å². The molecule has 2 rings (SSSR count). The Balaban J connectivity index is 2.07. The first kappa shape index (κ1) is 15.1. The SMILES string of the molecule is CNC(=O)Cc1ccccc1NCc1cc(Br)c(C)s1. The van der Waals surface area contributed by atoms with Gasteiger partial charge in [0.25, 0.3) is 0 Å². The number of aryl methyl sites for hydroxylation is 1. The van der Waals surface area contributed by atoms with Crippen LogP contribution in [0.3, 0.4) is 0 Å². The Morgan fingerprint density at radius 3 is 2.75 bits per heavy atom. The molecule has 1 aromatic heterocycles. The van der Waals surface area contributed by atoms with Crippen molar-refractivity contribution in [2.45, 2.75) is 19.9 Å². The van der Waals surface area contributed by atoms with Gasteiger partial charge in [0.15, 0.2) is 0 Å². The first-order valence-corrected chi connectivity index (χ1v) is 7.98. The summed E-state index contributed by atoms with van der Waals surface area (Å²) in [6.45, 7) is 2.86. The molecule has 0 aliphatic heterocycles. The van der Waals surface area contributed by atoms with Crippen molar-refractivity contribution in [1.82, 2.24) is 5.32 Å². The van der Waals surface area contributed by atoms with Crippen LogP contribution in [0.5, 0.6) is 0 Å². The Hall–Kier alpha value is -1.33. The number of halogens is 1. The lowest BCUT2D eigenvalue weighted by Crippen LogP contribution is -2.20. The number of carbonyl (C=O) groups is 1. The van der Waals surface area contributed by atoms with Gasteiger partial charge in [0.05, 0.1) is 6.42 Å². The number of anilines is 1. The Bertz CT molecular complexity index is 590. The Labute approximate surface area is 131 Å². The molecule has 20 heavy (non-hydrogen) atoms. The lowest BCUT2D eigenvalue weighted by atomic mass is 10.1. The molecule has 1 heterocycles. The lowest BCUT2D eigenvalue weighted by Gasteiger charge is -2.10. The second-order valence-corrected chi connectivity index (χ2v) is 6.67. The largest absolute Gasteiger partial charge is 0.380 e. The predicted octanol–water partition coefficient (Wildman–Crippen LogP) is 3.72. The van der Waals surface area contributed by atoms with Gasteiger partial charge in [-0.1, -0.05) is 18.2 Å². The summed E-state index contributed by atoms with van der Waals surface area (Å²) in [5.74, 6) is 0.0222. The van der Waals surface area contributed by atoms with E-state index in [0.29, 0.717) is 6.42 Å². The zero-order chi connectivity index (χ0) is 14.5. The third-order valence-electron chi connectivity index (χ3n) is 3.01. The maximum atomic E-state index is 11.5. The van der Waals surface area contributed by atoms with E-state index in [4.69, 9.17) is 0 Å². The van der Waals surface area contributed by atoms with Gasteiger partial charge in [-0.05, 0) is 40.5 Å². The van der Waals surface area contributed by atoms with E-state index in [-0.39, 0.29) is 5.91 Å². The molecule has 0 aliphatic rings. The minimum Gasteiger partial charge on any atom is -0.380 e. The van der Waals surface area contributed by atoms with E-state index in [0.717, 1.165) is 22.3 Å². The van der Waals surface area contributed by atoms with Crippen molar-refractivity contribution in [3.8, 4) is 0 Å². The van der Waals surface area contributed by atoms with Gasteiger partial charge in [-0.3, -0.25) is 4.79 Å². The fraction of sp³-hybridized carbons (Fsp3) is 0.267. The molecule has 2 N–H and O–H groups in total. The number of carbonyl (C=O) groups excluding carboxylic acids is 1. The summed E-state index contributed by atoms with van der Waals surface area (Å²) in [5, 5.41) is 6.06. The molecule has 0 saturated heterocycles. The molecule has 0 bridgehead atoms. The molecule has 0 aliphatic carbocycles. The predicted molar refractivity (Wildman–Crippen MR) is 88.3 cm³/mol. The molecule has 2 aromatic rings. The minimum absolute atomic E-state index is 0.0222. The number of rotatable bonds is 5. The number of hydrogen-bond donors (Lipinski definition) is 2. The van der Waals surface area contributed by atoms with Crippen molar-refractivity contribution in [3.63, 3.8) is 0 Å². The molecule has 5 heteroatoms. The summed E-state index contributed by atoms with van der Waals surface area (Å²) in [6, 6.07) is 10.1. The standard InChI is InChI=1S/C15H17BrN2OS/c1-10-13(16)8-12(20-10)9-18-14-6-4-3-5-11(14)7-15(19)17-2/h3-6,8,18H,7,9H2,1-2H3,(H,17,19). The van der Waals surface area contributed by atoms with Gasteiger partial charge in [-0.15, -0.1) is 11.3 Å². The number of thiophene rings is 1. The van der Waals surface area contributed by atoms with Crippen LogP contribution in [0.4, 0.5) is 5.69 Å². The summed E-state index contributed by atoms with van der Waals surface area (Å²) >= 11 is 5.30. The highest BCUT2D eigenvalue weighted by molar-refractivity contribution is 9.10. The van der Waals surface area contributed by atoms with E-state index in [1.54, 1.807) is 18.4 Å². The van der Waals surface area contributed by atoms with Crippen molar-refractivity contribution >= 4 is 38.9 Å². The van der Waals surface area contributed by atoms with E-state index in [9.17, 15) is 4.79 Å². The number of para-hydroxylation sites is 1. The highest BCUT2D eigenvalue weighted by atomic mass is 79.9. The summed E-state index contributed by atoms with van der Waals surface area (Å²) in [4.78, 5) is 14.1. The summed E-state index contributed by atoms with van der Waals surface area (Å²) in [7, 11) is 1.66. The summed E-state index contributed by atoms with van der Waals surface area (Å²) in [5.41, 5.74) is 2.03. The fourth-order valence-corrected chi connectivity index (χ4v) is 3.44. The third-order valence-corrected chi connectivity index (χ3v) is 5.15. The first-order chi connectivity index (χ1) is 9.60. The van der Waals surface area contributed by atoms with Gasteiger partial charge >= 0.3 is 0 Å². The summed E-state index contributed by atoms with van der Waals surface area (Å²) in [6.07, 6.45) is 0.396. The van der Waals surface area contributed by atoms with Crippen LogP contribution in [0.1, 0.15) is 15.3 Å². The lowest BCUT2D eigenvalue weighted by molar-refractivity contribution is -0.119. The van der Waals surface area contributed by atoms with E-state index >= 15 is 0 Å². The average molecular weight is 353 g/mol. The van der Waals surface area contributed by atoms with Gasteiger partial charge < -0.3 is 10.6 Å². The monoisotopic (exact) mass is 352 g/mol. The number of hydrogen-bond acceptors (Lipinski definition) is 3. The Morgan fingerprint density at radius 2 is 2.10 bits per heavy atom. The van der Waals surface area contributed by atoms with Crippen molar-refractivity contribution in [3.05, 3.63) is 50.1 Å². The van der Waals surface area contributed by atoms with E-state index in [2.05, 4.69) is 39.6 Å². The Morgan fingerprint density at radius 1 is 1.35 bits per heavy atom. The molecule has 3 nitrogen and oxygen atoms in total. The van der Waals surface area contributed by atoms with Gasteiger partial charge in [0.1, 0.15) is 0 Å². The first-order valence-electron chi connectivity index (χ1n) is 6.37. The normalized spacial score (nSPS) is 10.3. The molecular weight excluding hydrogens is 336 g/mol. The van der Waals surface area contributed by atoms with Crippen LogP contribution in [0.25, 0.3) is 0 Å². The Kier molecular flexibility index (Phi) is 5.20. The number of amides is 1. The van der Waals surface area contributed by atoms with Gasteiger partial charge in [0, 0.05) is 33.5 Å². The van der Waals surface area contributed by atoms with Crippen LogP contribution in [-0.4, -0.2) is 13.0 Å². The van der Waals surface area contributed by atoms with Crippen LogP contribution in [0.2, 0.25) is 0 Å². The highest BCUT2D eigenvalue weighted by Gasteiger charge is 2.07. The van der Waals surface area contributed by atoms with Crippen LogP contribution in [0.15, 0.2) is 34.8 Å². The molecule has 0 saturated carbocycles. The number of likely N-dealkylation sites (N-methyl/N-ethyl adjacent to an activating group) is 1. The van der Waals surface area contributed by atoms with Gasteiger partial charge in [0.2, 0.25) is 5.91 Å². The molecule has 1 aromatic carbocycles. The zero-order valence-electron chi connectivity index (χ0n) is 11.5. The molecule has 0 spiro atoms. The van der Waals surface area contributed by atoms with Crippen molar-refractivity contribution < 1.29 is 4.79 Å². The van der Waals surface area contributed by atoms with Crippen LogP contribution < -0.4 is 10.6 Å². The second-order valence-electron chi connectivity index (χ2n) is 4.48. The fourth-order valence-electron chi connectivity index (χ4n) is 1.90. The van der Waals surface area contributed by atoms with Crippen LogP contribution in [0, 0.1) is 6.92 Å². The zero-order valence-corrected chi connectivity index (χ0v) is 13.9. The van der Waals surface area contributed by atoms with Crippen molar-refractivity contribution in [2.24, 2.45) is 0 Å². The smallest absolute Gasteiger partial charge is 0.224 e. The number of benzene rings is 1. The van der Waals surface area contributed by atoms with E-state index in [1.165, 1.54) is 9.75 Å². The molecule has 1 amide bonds. The summed E-state index contributed by atoms with van der Waals surface area (Å²) < 4.78 is 1.15. The molecular formula is C15H17BrN2OS. The maximum absolute atomic E-state index is 11.5. The highest BCUT2D eigenvalue weighted by Crippen LogP contribution is 2.27. The molecule has 0 fully saturated rings.